The molecule has 21 heavy (non-hydrogen) atoms. The van der Waals surface area contributed by atoms with Crippen LogP contribution in [0.15, 0.2) is 36.4 Å². The Kier molecular flexibility index (Phi) is 3.84. The maximum Gasteiger partial charge on any atom is 0.342 e. The monoisotopic (exact) mass is 290 g/mol. The van der Waals surface area contributed by atoms with E-state index < -0.39 is 28.0 Å². The summed E-state index contributed by atoms with van der Waals surface area (Å²) in [5.74, 6) is -1.82. The highest BCUT2D eigenvalue weighted by atomic mass is 19.1. The van der Waals surface area contributed by atoms with Gasteiger partial charge in [0.2, 0.25) is 0 Å². The van der Waals surface area contributed by atoms with Gasteiger partial charge in [-0.3, -0.25) is 10.1 Å². The highest BCUT2D eigenvalue weighted by molar-refractivity contribution is 5.93. The van der Waals surface area contributed by atoms with Crippen molar-refractivity contribution in [3.05, 3.63) is 63.5 Å². The highest BCUT2D eigenvalue weighted by Gasteiger charge is 2.20. The second-order valence-corrected chi connectivity index (χ2v) is 4.44. The summed E-state index contributed by atoms with van der Waals surface area (Å²) in [4.78, 5) is 21.0. The third-order valence-corrected chi connectivity index (χ3v) is 2.76. The van der Waals surface area contributed by atoms with Crippen LogP contribution < -0.4 is 5.32 Å². The van der Waals surface area contributed by atoms with Gasteiger partial charge in [0.15, 0.2) is 0 Å². The van der Waals surface area contributed by atoms with E-state index in [9.17, 15) is 19.3 Å². The third-order valence-electron chi connectivity index (χ3n) is 2.76. The Labute approximate surface area is 119 Å². The number of anilines is 2. The van der Waals surface area contributed by atoms with E-state index in [1.807, 2.05) is 0 Å². The number of aryl methyl sites for hydroxylation is 1. The smallest absolute Gasteiger partial charge is 0.342 e. The van der Waals surface area contributed by atoms with Crippen molar-refractivity contribution in [2.24, 2.45) is 0 Å². The molecule has 0 aliphatic heterocycles. The number of nitrogens with one attached hydrogen (secondary N) is 1. The van der Waals surface area contributed by atoms with Gasteiger partial charge in [0.1, 0.15) is 11.4 Å². The number of nitro benzene ring substituents is 1. The average molecular weight is 290 g/mol. The summed E-state index contributed by atoms with van der Waals surface area (Å²) in [6.45, 7) is 1.71. The van der Waals surface area contributed by atoms with Gasteiger partial charge >= 0.3 is 5.97 Å². The molecule has 0 saturated heterocycles. The number of carboxylic acids is 1. The standard InChI is InChI=1S/C14H11FN2O4/c1-8-4-9(15)6-11(5-8)16-10-2-3-12(14(18)19)13(7-10)17(20)21/h2-7,16H,1H3,(H,18,19). The number of halogens is 1. The van der Waals surface area contributed by atoms with E-state index in [4.69, 9.17) is 5.11 Å². The number of aromatic carboxylic acids is 1. The van der Waals surface area contributed by atoms with Gasteiger partial charge < -0.3 is 10.4 Å². The first-order chi connectivity index (χ1) is 9.86. The minimum absolute atomic E-state index is 0.303. The van der Waals surface area contributed by atoms with Crippen LogP contribution in [0.1, 0.15) is 15.9 Å². The van der Waals surface area contributed by atoms with Crippen LogP contribution in [-0.2, 0) is 0 Å². The largest absolute Gasteiger partial charge is 0.477 e. The molecule has 0 aliphatic carbocycles. The summed E-state index contributed by atoms with van der Waals surface area (Å²) in [6.07, 6.45) is 0. The highest BCUT2D eigenvalue weighted by Crippen LogP contribution is 2.26. The van der Waals surface area contributed by atoms with Crippen LogP contribution in [0.5, 0.6) is 0 Å². The number of hydrogen-bond donors (Lipinski definition) is 2. The van der Waals surface area contributed by atoms with Gasteiger partial charge in [0.25, 0.3) is 5.69 Å². The topological polar surface area (TPSA) is 92.5 Å². The molecule has 0 spiro atoms. The van der Waals surface area contributed by atoms with Gasteiger partial charge in [-0.1, -0.05) is 0 Å². The first-order valence-corrected chi connectivity index (χ1v) is 5.93. The third kappa shape index (κ3) is 3.33. The predicted octanol–water partition coefficient (Wildman–Crippen LogP) is 3.48. The zero-order valence-corrected chi connectivity index (χ0v) is 11.0. The van der Waals surface area contributed by atoms with Crippen molar-refractivity contribution in [1.29, 1.82) is 0 Å². The Hall–Kier alpha value is -2.96. The number of nitro groups is 1. The second kappa shape index (κ2) is 5.58. The summed E-state index contributed by atoms with van der Waals surface area (Å²) in [6, 6.07) is 7.88. The molecule has 2 N–H and O–H groups in total. The van der Waals surface area contributed by atoms with Crippen LogP contribution in [0.3, 0.4) is 0 Å². The number of rotatable bonds is 4. The second-order valence-electron chi connectivity index (χ2n) is 4.44. The SMILES string of the molecule is Cc1cc(F)cc(Nc2ccc(C(=O)O)c([N+](=O)[O-])c2)c1. The Balaban J connectivity index is 2.39. The Morgan fingerprint density at radius 2 is 1.95 bits per heavy atom. The van der Waals surface area contributed by atoms with Gasteiger partial charge in [-0.05, 0) is 42.8 Å². The normalized spacial score (nSPS) is 10.2. The lowest BCUT2D eigenvalue weighted by atomic mass is 10.1. The van der Waals surface area contributed by atoms with Gasteiger partial charge in [0.05, 0.1) is 4.92 Å². The van der Waals surface area contributed by atoms with E-state index in [0.29, 0.717) is 16.9 Å². The molecule has 0 heterocycles. The molecule has 0 amide bonds. The molecule has 0 fully saturated rings. The van der Waals surface area contributed by atoms with Crippen molar-refractivity contribution in [3.8, 4) is 0 Å². The molecule has 0 bridgehead atoms. The number of carboxylic acid groups (broad SMARTS) is 1. The molecule has 108 valence electrons. The van der Waals surface area contributed by atoms with Crippen LogP contribution in [0.25, 0.3) is 0 Å². The van der Waals surface area contributed by atoms with Crippen molar-refractivity contribution in [2.75, 3.05) is 5.32 Å². The van der Waals surface area contributed by atoms with Gasteiger partial charge in [0, 0.05) is 17.4 Å². The summed E-state index contributed by atoms with van der Waals surface area (Å²) >= 11 is 0. The van der Waals surface area contributed by atoms with E-state index in [1.54, 1.807) is 13.0 Å². The average Bonchev–Trinajstić information content (AvgIpc) is 2.36. The quantitative estimate of drug-likeness (QED) is 0.664. The lowest BCUT2D eigenvalue weighted by Crippen LogP contribution is -2.03. The molecule has 0 saturated carbocycles. The first kappa shape index (κ1) is 14.4. The van der Waals surface area contributed by atoms with Crippen LogP contribution in [-0.4, -0.2) is 16.0 Å². The number of hydrogen-bond acceptors (Lipinski definition) is 4. The van der Waals surface area contributed by atoms with Crippen LogP contribution in [0.2, 0.25) is 0 Å². The molecule has 7 heteroatoms. The molecular weight excluding hydrogens is 279 g/mol. The maximum absolute atomic E-state index is 13.3. The van der Waals surface area contributed by atoms with Crippen molar-refractivity contribution in [2.45, 2.75) is 6.92 Å². The van der Waals surface area contributed by atoms with Crippen molar-refractivity contribution in [1.82, 2.24) is 0 Å². The molecular formula is C14H11FN2O4. The van der Waals surface area contributed by atoms with E-state index >= 15 is 0 Å². The van der Waals surface area contributed by atoms with Crippen molar-refractivity contribution in [3.63, 3.8) is 0 Å². The molecule has 0 aromatic heterocycles. The van der Waals surface area contributed by atoms with Gasteiger partial charge in [-0.2, -0.15) is 0 Å². The summed E-state index contributed by atoms with van der Waals surface area (Å²) in [5.41, 5.74) is 0.484. The van der Waals surface area contributed by atoms with E-state index in [0.717, 1.165) is 12.1 Å². The zero-order valence-electron chi connectivity index (χ0n) is 11.0. The zero-order chi connectivity index (χ0) is 15.6. The Morgan fingerprint density at radius 1 is 1.24 bits per heavy atom. The fraction of sp³-hybridized carbons (Fsp3) is 0.0714. The molecule has 0 aliphatic rings. The molecule has 6 nitrogen and oxygen atoms in total. The predicted molar refractivity (Wildman–Crippen MR) is 74.5 cm³/mol. The molecule has 0 unspecified atom stereocenters. The number of carbonyl (C=O) groups is 1. The summed E-state index contributed by atoms with van der Waals surface area (Å²) < 4.78 is 13.3. The van der Waals surface area contributed by atoms with E-state index in [2.05, 4.69) is 5.32 Å². The minimum Gasteiger partial charge on any atom is -0.477 e. The van der Waals surface area contributed by atoms with Crippen molar-refractivity contribution < 1.29 is 19.2 Å². The lowest BCUT2D eigenvalue weighted by molar-refractivity contribution is -0.385. The molecule has 2 aromatic rings. The fourth-order valence-electron chi connectivity index (χ4n) is 1.92. The maximum atomic E-state index is 13.3. The van der Waals surface area contributed by atoms with Gasteiger partial charge in [-0.15, -0.1) is 0 Å². The van der Waals surface area contributed by atoms with E-state index in [-0.39, 0.29) is 0 Å². The number of benzene rings is 2. The fourth-order valence-corrected chi connectivity index (χ4v) is 1.92. The lowest BCUT2D eigenvalue weighted by Gasteiger charge is -2.08. The Morgan fingerprint density at radius 3 is 2.52 bits per heavy atom. The van der Waals surface area contributed by atoms with Crippen molar-refractivity contribution >= 4 is 23.0 Å². The van der Waals surface area contributed by atoms with Crippen LogP contribution in [0, 0.1) is 22.9 Å². The molecule has 2 aromatic carbocycles. The van der Waals surface area contributed by atoms with Crippen LogP contribution in [0.4, 0.5) is 21.5 Å². The van der Waals surface area contributed by atoms with Gasteiger partial charge in [-0.25, -0.2) is 9.18 Å². The first-order valence-electron chi connectivity index (χ1n) is 5.93. The summed E-state index contributed by atoms with van der Waals surface area (Å²) in [5, 5.41) is 22.6. The molecule has 0 radical (unpaired) electrons. The molecule has 0 atom stereocenters. The molecule has 2 rings (SSSR count). The summed E-state index contributed by atoms with van der Waals surface area (Å²) in [7, 11) is 0. The Bertz CT molecular complexity index is 711. The minimum atomic E-state index is -1.38. The van der Waals surface area contributed by atoms with E-state index in [1.165, 1.54) is 18.2 Å². The number of nitrogens with zero attached hydrogens (tertiary/aromatic N) is 1. The van der Waals surface area contributed by atoms with Crippen LogP contribution >= 0.6 is 0 Å².